The molecule has 4 heteroatoms. The van der Waals surface area contributed by atoms with Gasteiger partial charge in [0.05, 0.1) is 12.0 Å². The molecule has 2 atom stereocenters. The number of H-pyrrole nitrogens is 1. The second kappa shape index (κ2) is 6.57. The average molecular weight is 286 g/mol. The third-order valence-electron chi connectivity index (χ3n) is 4.03. The fourth-order valence-electron chi connectivity index (χ4n) is 2.87. The van der Waals surface area contributed by atoms with Crippen LogP contribution in [0.15, 0.2) is 42.7 Å². The van der Waals surface area contributed by atoms with E-state index in [4.69, 9.17) is 4.74 Å². The van der Waals surface area contributed by atoms with Gasteiger partial charge in [0.25, 0.3) is 0 Å². The maximum absolute atomic E-state index is 12.7. The Balaban J connectivity index is 2.52. The number of aromatic nitrogens is 2. The third kappa shape index (κ3) is 2.84. The van der Waals surface area contributed by atoms with Gasteiger partial charge in [-0.05, 0) is 25.8 Å². The Hall–Kier alpha value is -2.10. The number of ether oxygens (including phenoxy) is 1. The molecular weight excluding hydrogens is 264 g/mol. The molecule has 0 saturated carbocycles. The van der Waals surface area contributed by atoms with Crippen LogP contribution in [0.3, 0.4) is 0 Å². The van der Waals surface area contributed by atoms with E-state index in [1.54, 1.807) is 12.4 Å². The molecule has 112 valence electrons. The number of esters is 1. The molecule has 0 fully saturated rings. The van der Waals surface area contributed by atoms with E-state index in [0.717, 1.165) is 17.8 Å². The van der Waals surface area contributed by atoms with E-state index in [1.807, 2.05) is 44.2 Å². The van der Waals surface area contributed by atoms with E-state index in [-0.39, 0.29) is 11.9 Å². The Morgan fingerprint density at radius 1 is 1.33 bits per heavy atom. The van der Waals surface area contributed by atoms with Crippen molar-refractivity contribution < 1.29 is 9.53 Å². The van der Waals surface area contributed by atoms with Crippen molar-refractivity contribution in [1.82, 2.24) is 9.97 Å². The van der Waals surface area contributed by atoms with E-state index in [9.17, 15) is 4.79 Å². The highest BCUT2D eigenvalue weighted by Gasteiger charge is 2.45. The molecule has 4 nitrogen and oxygen atoms in total. The molecule has 0 aliphatic rings. The van der Waals surface area contributed by atoms with Crippen molar-refractivity contribution in [1.29, 1.82) is 0 Å². The average Bonchev–Trinajstić information content (AvgIpc) is 3.03. The van der Waals surface area contributed by atoms with Gasteiger partial charge in [-0.2, -0.15) is 0 Å². The first-order valence-corrected chi connectivity index (χ1v) is 7.36. The van der Waals surface area contributed by atoms with Gasteiger partial charge >= 0.3 is 5.97 Å². The lowest BCUT2D eigenvalue weighted by molar-refractivity contribution is -0.150. The first-order valence-electron chi connectivity index (χ1n) is 7.36. The van der Waals surface area contributed by atoms with Crippen molar-refractivity contribution in [3.63, 3.8) is 0 Å². The molecule has 1 heterocycles. The van der Waals surface area contributed by atoms with Gasteiger partial charge in [0, 0.05) is 18.3 Å². The molecule has 2 aromatic rings. The highest BCUT2D eigenvalue weighted by Crippen LogP contribution is 2.41. The standard InChI is InChI=1S/C17H22N2O2/c1-4-14(15-18-11-12-19-15)17(3,16(20)21-5-2)13-9-7-6-8-10-13/h6-12,14H,4-5H2,1-3H3,(H,18,19). The van der Waals surface area contributed by atoms with Crippen molar-refractivity contribution in [2.24, 2.45) is 0 Å². The Morgan fingerprint density at radius 3 is 2.57 bits per heavy atom. The summed E-state index contributed by atoms with van der Waals surface area (Å²) in [6, 6.07) is 9.79. The number of benzene rings is 1. The summed E-state index contributed by atoms with van der Waals surface area (Å²) in [6.07, 6.45) is 4.29. The summed E-state index contributed by atoms with van der Waals surface area (Å²) in [5.41, 5.74) is 0.191. The molecule has 0 saturated heterocycles. The monoisotopic (exact) mass is 286 g/mol. The quantitative estimate of drug-likeness (QED) is 0.828. The second-order valence-corrected chi connectivity index (χ2v) is 5.22. The number of rotatable bonds is 6. The van der Waals surface area contributed by atoms with E-state index in [0.29, 0.717) is 6.61 Å². The molecule has 0 spiro atoms. The van der Waals surface area contributed by atoms with Crippen molar-refractivity contribution in [3.8, 4) is 0 Å². The molecule has 21 heavy (non-hydrogen) atoms. The van der Waals surface area contributed by atoms with Crippen LogP contribution < -0.4 is 0 Å². The Kier molecular flexibility index (Phi) is 4.78. The Morgan fingerprint density at radius 2 is 2.05 bits per heavy atom. The molecule has 1 aromatic heterocycles. The predicted octanol–water partition coefficient (Wildman–Crippen LogP) is 3.42. The highest BCUT2D eigenvalue weighted by atomic mass is 16.5. The fraction of sp³-hybridized carbons (Fsp3) is 0.412. The zero-order chi connectivity index (χ0) is 15.3. The molecular formula is C17H22N2O2. The summed E-state index contributed by atoms with van der Waals surface area (Å²) < 4.78 is 5.36. The maximum atomic E-state index is 12.7. The lowest BCUT2D eigenvalue weighted by Gasteiger charge is -2.34. The molecule has 2 rings (SSSR count). The fourth-order valence-corrected chi connectivity index (χ4v) is 2.87. The molecule has 0 aliphatic carbocycles. The van der Waals surface area contributed by atoms with E-state index in [2.05, 4.69) is 16.9 Å². The molecule has 0 aliphatic heterocycles. The lowest BCUT2D eigenvalue weighted by atomic mass is 9.70. The molecule has 1 aromatic carbocycles. The van der Waals surface area contributed by atoms with Gasteiger partial charge in [0.15, 0.2) is 0 Å². The Labute approximate surface area is 125 Å². The normalized spacial score (nSPS) is 15.2. The molecule has 0 bridgehead atoms. The minimum absolute atomic E-state index is 0.0612. The minimum atomic E-state index is -0.760. The van der Waals surface area contributed by atoms with Gasteiger partial charge < -0.3 is 9.72 Å². The van der Waals surface area contributed by atoms with E-state index in [1.165, 1.54) is 0 Å². The number of aromatic amines is 1. The first kappa shape index (κ1) is 15.3. The van der Waals surface area contributed by atoms with Crippen molar-refractivity contribution in [2.45, 2.75) is 38.5 Å². The summed E-state index contributed by atoms with van der Waals surface area (Å²) in [6.45, 7) is 6.21. The SMILES string of the molecule is CCOC(=O)C(C)(c1ccccc1)C(CC)c1ncc[nH]1. The van der Waals surface area contributed by atoms with Crippen molar-refractivity contribution in [3.05, 3.63) is 54.1 Å². The summed E-state index contributed by atoms with van der Waals surface area (Å²) in [4.78, 5) is 20.2. The van der Waals surface area contributed by atoms with Crippen LogP contribution in [0, 0.1) is 0 Å². The van der Waals surface area contributed by atoms with Crippen LogP contribution in [0.1, 0.15) is 44.5 Å². The smallest absolute Gasteiger partial charge is 0.317 e. The van der Waals surface area contributed by atoms with Gasteiger partial charge in [-0.15, -0.1) is 0 Å². The lowest BCUT2D eigenvalue weighted by Crippen LogP contribution is -2.40. The Bertz CT molecular complexity index is 566. The summed E-state index contributed by atoms with van der Waals surface area (Å²) in [5.74, 6) is 0.547. The summed E-state index contributed by atoms with van der Waals surface area (Å²) in [7, 11) is 0. The molecule has 0 radical (unpaired) electrons. The van der Waals surface area contributed by atoms with Crippen LogP contribution in [-0.2, 0) is 14.9 Å². The van der Waals surface area contributed by atoms with Gasteiger partial charge in [-0.25, -0.2) is 4.98 Å². The van der Waals surface area contributed by atoms with Crippen LogP contribution in [0.4, 0.5) is 0 Å². The zero-order valence-corrected chi connectivity index (χ0v) is 12.8. The predicted molar refractivity (Wildman–Crippen MR) is 82.0 cm³/mol. The second-order valence-electron chi connectivity index (χ2n) is 5.22. The topological polar surface area (TPSA) is 55.0 Å². The molecule has 2 unspecified atom stereocenters. The summed E-state index contributed by atoms with van der Waals surface area (Å²) in [5, 5.41) is 0. The largest absolute Gasteiger partial charge is 0.465 e. The van der Waals surface area contributed by atoms with Crippen molar-refractivity contribution >= 4 is 5.97 Å². The number of nitrogens with zero attached hydrogens (tertiary/aromatic N) is 1. The third-order valence-corrected chi connectivity index (χ3v) is 4.03. The zero-order valence-electron chi connectivity index (χ0n) is 12.8. The van der Waals surface area contributed by atoms with Crippen LogP contribution in [0.25, 0.3) is 0 Å². The summed E-state index contributed by atoms with van der Waals surface area (Å²) >= 11 is 0. The van der Waals surface area contributed by atoms with Gasteiger partial charge in [0.1, 0.15) is 5.82 Å². The maximum Gasteiger partial charge on any atom is 0.317 e. The number of imidazole rings is 1. The van der Waals surface area contributed by atoms with Gasteiger partial charge in [-0.3, -0.25) is 4.79 Å². The van der Waals surface area contributed by atoms with E-state index >= 15 is 0 Å². The number of nitrogens with one attached hydrogen (secondary N) is 1. The van der Waals surface area contributed by atoms with Crippen LogP contribution >= 0.6 is 0 Å². The first-order chi connectivity index (χ1) is 10.1. The number of hydrogen-bond acceptors (Lipinski definition) is 3. The minimum Gasteiger partial charge on any atom is -0.465 e. The number of carbonyl (C=O) groups excluding carboxylic acids is 1. The van der Waals surface area contributed by atoms with Crippen molar-refractivity contribution in [2.75, 3.05) is 6.61 Å². The van der Waals surface area contributed by atoms with Gasteiger partial charge in [0.2, 0.25) is 0 Å². The number of carbonyl (C=O) groups is 1. The number of hydrogen-bond donors (Lipinski definition) is 1. The molecule has 1 N–H and O–H groups in total. The van der Waals surface area contributed by atoms with Gasteiger partial charge in [-0.1, -0.05) is 37.3 Å². The van der Waals surface area contributed by atoms with Crippen LogP contribution in [0.5, 0.6) is 0 Å². The van der Waals surface area contributed by atoms with Crippen LogP contribution in [0.2, 0.25) is 0 Å². The van der Waals surface area contributed by atoms with E-state index < -0.39 is 5.41 Å². The highest BCUT2D eigenvalue weighted by molar-refractivity contribution is 5.84. The molecule has 0 amide bonds. The van der Waals surface area contributed by atoms with Crippen LogP contribution in [-0.4, -0.2) is 22.5 Å².